The Hall–Kier alpha value is -1.02. The highest BCUT2D eigenvalue weighted by Gasteiger charge is 2.19. The zero-order valence-electron chi connectivity index (χ0n) is 8.59. The number of hydrogen-bond acceptors (Lipinski definition) is 2. The number of likely N-dealkylation sites (N-methyl/N-ethyl adjacent to an activating group) is 1. The van der Waals surface area contributed by atoms with Crippen molar-refractivity contribution >= 4 is 0 Å². The van der Waals surface area contributed by atoms with E-state index in [2.05, 4.69) is 11.4 Å². The van der Waals surface area contributed by atoms with Gasteiger partial charge in [-0.25, -0.2) is 0 Å². The summed E-state index contributed by atoms with van der Waals surface area (Å²) in [5.74, 6) is 0.975. The van der Waals surface area contributed by atoms with E-state index in [1.807, 2.05) is 13.1 Å². The summed E-state index contributed by atoms with van der Waals surface area (Å²) in [5, 5.41) is 12.7. The highest BCUT2D eigenvalue weighted by atomic mass is 16.3. The number of phenols is 1. The van der Waals surface area contributed by atoms with Gasteiger partial charge in [0.1, 0.15) is 5.75 Å². The van der Waals surface area contributed by atoms with Gasteiger partial charge in [-0.1, -0.05) is 6.07 Å². The molecule has 1 aliphatic carbocycles. The third kappa shape index (κ3) is 1.75. The molecule has 0 aromatic heterocycles. The van der Waals surface area contributed by atoms with Gasteiger partial charge in [-0.3, -0.25) is 0 Å². The first-order valence-electron chi connectivity index (χ1n) is 5.27. The van der Waals surface area contributed by atoms with Crippen molar-refractivity contribution in [2.45, 2.75) is 25.2 Å². The number of phenolic OH excluding ortho intramolecular Hbond substituents is 1. The number of rotatable bonds is 2. The van der Waals surface area contributed by atoms with Gasteiger partial charge >= 0.3 is 0 Å². The molecular weight excluding hydrogens is 174 g/mol. The van der Waals surface area contributed by atoms with E-state index in [0.29, 0.717) is 11.7 Å². The highest BCUT2D eigenvalue weighted by Crippen LogP contribution is 2.33. The predicted molar refractivity (Wildman–Crippen MR) is 57.7 cm³/mol. The van der Waals surface area contributed by atoms with Crippen LogP contribution in [0.15, 0.2) is 18.2 Å². The third-order valence-electron chi connectivity index (χ3n) is 3.02. The van der Waals surface area contributed by atoms with Gasteiger partial charge in [0.05, 0.1) is 0 Å². The Bertz CT molecular complexity index is 322. The zero-order chi connectivity index (χ0) is 9.97. The summed E-state index contributed by atoms with van der Waals surface area (Å²) in [6.45, 7) is 1.01. The van der Waals surface area contributed by atoms with E-state index in [-0.39, 0.29) is 0 Å². The molecule has 1 atom stereocenters. The van der Waals surface area contributed by atoms with Gasteiger partial charge in [0.2, 0.25) is 0 Å². The normalized spacial score (nSPS) is 20.5. The van der Waals surface area contributed by atoms with Gasteiger partial charge in [0.15, 0.2) is 0 Å². The Morgan fingerprint density at radius 3 is 3.14 bits per heavy atom. The fourth-order valence-electron chi connectivity index (χ4n) is 2.34. The smallest absolute Gasteiger partial charge is 0.115 e. The third-order valence-corrected chi connectivity index (χ3v) is 3.02. The second-order valence-corrected chi connectivity index (χ2v) is 4.03. The van der Waals surface area contributed by atoms with Gasteiger partial charge in [0, 0.05) is 6.54 Å². The lowest BCUT2D eigenvalue weighted by Crippen LogP contribution is -2.21. The Kier molecular flexibility index (Phi) is 2.73. The summed E-state index contributed by atoms with van der Waals surface area (Å²) in [4.78, 5) is 0. The lowest BCUT2D eigenvalue weighted by Gasteiger charge is -2.25. The van der Waals surface area contributed by atoms with E-state index < -0.39 is 0 Å². The number of benzene rings is 1. The molecule has 1 aromatic carbocycles. The molecule has 76 valence electrons. The molecule has 2 nitrogen and oxygen atoms in total. The minimum absolute atomic E-state index is 0.395. The molecule has 14 heavy (non-hydrogen) atoms. The molecule has 0 bridgehead atoms. The molecule has 1 unspecified atom stereocenters. The minimum Gasteiger partial charge on any atom is -0.508 e. The molecule has 2 N–H and O–H groups in total. The average Bonchev–Trinajstić information content (AvgIpc) is 2.19. The van der Waals surface area contributed by atoms with Crippen molar-refractivity contribution in [3.8, 4) is 5.75 Å². The van der Waals surface area contributed by atoms with Crippen LogP contribution in [0, 0.1) is 0 Å². The van der Waals surface area contributed by atoms with Crippen LogP contribution >= 0.6 is 0 Å². The molecule has 0 radical (unpaired) electrons. The second-order valence-electron chi connectivity index (χ2n) is 4.03. The van der Waals surface area contributed by atoms with Crippen molar-refractivity contribution in [2.75, 3.05) is 13.6 Å². The molecule has 0 saturated heterocycles. The summed E-state index contributed by atoms with van der Waals surface area (Å²) < 4.78 is 0. The first-order chi connectivity index (χ1) is 6.81. The largest absolute Gasteiger partial charge is 0.508 e. The van der Waals surface area contributed by atoms with Gasteiger partial charge < -0.3 is 10.4 Å². The Balaban J connectivity index is 2.32. The Morgan fingerprint density at radius 1 is 1.50 bits per heavy atom. The quantitative estimate of drug-likeness (QED) is 0.749. The van der Waals surface area contributed by atoms with Crippen LogP contribution in [0.3, 0.4) is 0 Å². The first-order valence-corrected chi connectivity index (χ1v) is 5.27. The first kappa shape index (κ1) is 9.53. The SMILES string of the molecule is CNCC1CCCc2ccc(O)cc21. The summed E-state index contributed by atoms with van der Waals surface area (Å²) in [5.41, 5.74) is 2.75. The molecule has 2 heteroatoms. The molecule has 0 heterocycles. The lowest BCUT2D eigenvalue weighted by molar-refractivity contribution is 0.468. The van der Waals surface area contributed by atoms with Crippen molar-refractivity contribution in [2.24, 2.45) is 0 Å². The van der Waals surface area contributed by atoms with Gasteiger partial charge in [-0.05, 0) is 55.5 Å². The number of aromatic hydroxyl groups is 1. The second kappa shape index (κ2) is 4.01. The van der Waals surface area contributed by atoms with E-state index in [1.54, 1.807) is 6.07 Å². The van der Waals surface area contributed by atoms with Crippen LogP contribution in [0.2, 0.25) is 0 Å². The summed E-state index contributed by atoms with van der Waals surface area (Å²) >= 11 is 0. The van der Waals surface area contributed by atoms with Crippen molar-refractivity contribution in [1.82, 2.24) is 5.32 Å². The zero-order valence-corrected chi connectivity index (χ0v) is 8.59. The number of fused-ring (bicyclic) bond motifs is 1. The Morgan fingerprint density at radius 2 is 2.36 bits per heavy atom. The van der Waals surface area contributed by atoms with E-state index in [4.69, 9.17) is 0 Å². The molecule has 2 rings (SSSR count). The van der Waals surface area contributed by atoms with Gasteiger partial charge in [0.25, 0.3) is 0 Å². The van der Waals surface area contributed by atoms with Crippen LogP contribution < -0.4 is 5.32 Å². The van der Waals surface area contributed by atoms with Crippen molar-refractivity contribution in [3.63, 3.8) is 0 Å². The van der Waals surface area contributed by atoms with Crippen LogP contribution in [0.25, 0.3) is 0 Å². The monoisotopic (exact) mass is 191 g/mol. The van der Waals surface area contributed by atoms with Crippen LogP contribution in [0.5, 0.6) is 5.75 Å². The fraction of sp³-hybridized carbons (Fsp3) is 0.500. The maximum absolute atomic E-state index is 9.45. The Labute approximate surface area is 85.0 Å². The van der Waals surface area contributed by atoms with Crippen LogP contribution in [-0.2, 0) is 6.42 Å². The molecule has 0 spiro atoms. The van der Waals surface area contributed by atoms with E-state index >= 15 is 0 Å². The fourth-order valence-corrected chi connectivity index (χ4v) is 2.34. The van der Waals surface area contributed by atoms with Crippen molar-refractivity contribution in [1.29, 1.82) is 0 Å². The van der Waals surface area contributed by atoms with Crippen molar-refractivity contribution in [3.05, 3.63) is 29.3 Å². The number of aryl methyl sites for hydroxylation is 1. The molecule has 1 aliphatic rings. The standard InChI is InChI=1S/C12H17NO/c1-13-8-10-4-2-3-9-5-6-11(14)7-12(9)10/h5-7,10,13-14H,2-4,8H2,1H3. The van der Waals surface area contributed by atoms with Gasteiger partial charge in [-0.2, -0.15) is 0 Å². The van der Waals surface area contributed by atoms with E-state index in [1.165, 1.54) is 24.0 Å². The highest BCUT2D eigenvalue weighted by molar-refractivity contribution is 5.39. The molecule has 1 aromatic rings. The summed E-state index contributed by atoms with van der Waals surface area (Å²) in [6.07, 6.45) is 3.66. The number of nitrogens with one attached hydrogen (secondary N) is 1. The van der Waals surface area contributed by atoms with Gasteiger partial charge in [-0.15, -0.1) is 0 Å². The lowest BCUT2D eigenvalue weighted by atomic mass is 9.82. The maximum Gasteiger partial charge on any atom is 0.115 e. The molecular formula is C12H17NO. The topological polar surface area (TPSA) is 32.3 Å². The summed E-state index contributed by atoms with van der Waals surface area (Å²) in [7, 11) is 1.98. The number of hydrogen-bond donors (Lipinski definition) is 2. The van der Waals surface area contributed by atoms with Crippen LogP contribution in [0.4, 0.5) is 0 Å². The molecule has 0 amide bonds. The predicted octanol–water partition coefficient (Wildman–Crippen LogP) is 2.03. The van der Waals surface area contributed by atoms with E-state index in [0.717, 1.165) is 13.0 Å². The molecule has 0 fully saturated rings. The van der Waals surface area contributed by atoms with Crippen LogP contribution in [-0.4, -0.2) is 18.7 Å². The average molecular weight is 191 g/mol. The van der Waals surface area contributed by atoms with Crippen LogP contribution in [0.1, 0.15) is 29.9 Å². The van der Waals surface area contributed by atoms with E-state index in [9.17, 15) is 5.11 Å². The molecule has 0 saturated carbocycles. The van der Waals surface area contributed by atoms with Crippen molar-refractivity contribution < 1.29 is 5.11 Å². The maximum atomic E-state index is 9.45. The molecule has 0 aliphatic heterocycles. The summed E-state index contributed by atoms with van der Waals surface area (Å²) in [6, 6.07) is 5.78. The minimum atomic E-state index is 0.395.